The maximum absolute atomic E-state index is 12.6. The van der Waals surface area contributed by atoms with Gasteiger partial charge in [0.05, 0.1) is 5.56 Å². The van der Waals surface area contributed by atoms with Crippen LogP contribution in [0.3, 0.4) is 0 Å². The molecular formula is C16H20BrClN2O. The highest BCUT2D eigenvalue weighted by molar-refractivity contribution is 9.10. The third-order valence-electron chi connectivity index (χ3n) is 4.60. The quantitative estimate of drug-likeness (QED) is 0.789. The van der Waals surface area contributed by atoms with Crippen LogP contribution in [0, 0.1) is 0 Å². The Kier molecular flexibility index (Phi) is 4.87. The molecule has 1 aromatic rings. The number of nitrogens with zero attached hydrogens (tertiary/aromatic N) is 2. The van der Waals surface area contributed by atoms with Gasteiger partial charge in [-0.1, -0.05) is 24.4 Å². The number of piperazine rings is 1. The molecule has 3 nitrogen and oxygen atoms in total. The molecule has 1 aliphatic heterocycles. The fourth-order valence-electron chi connectivity index (χ4n) is 3.39. The van der Waals surface area contributed by atoms with Gasteiger partial charge >= 0.3 is 0 Å². The van der Waals surface area contributed by atoms with Crippen molar-refractivity contribution in [2.75, 3.05) is 26.2 Å². The molecule has 3 rings (SSSR count). The largest absolute Gasteiger partial charge is 0.336 e. The van der Waals surface area contributed by atoms with Gasteiger partial charge < -0.3 is 4.90 Å². The van der Waals surface area contributed by atoms with E-state index in [2.05, 4.69) is 20.8 Å². The average molecular weight is 372 g/mol. The number of carbonyl (C=O) groups is 1. The second-order valence-electron chi connectivity index (χ2n) is 5.89. The fourth-order valence-corrected chi connectivity index (χ4v) is 4.25. The van der Waals surface area contributed by atoms with E-state index in [0.717, 1.165) is 36.7 Å². The van der Waals surface area contributed by atoms with Gasteiger partial charge in [-0.25, -0.2) is 0 Å². The summed E-state index contributed by atoms with van der Waals surface area (Å²) in [6.45, 7) is 3.65. The lowest BCUT2D eigenvalue weighted by molar-refractivity contribution is 0.0572. The van der Waals surface area contributed by atoms with Gasteiger partial charge in [-0.2, -0.15) is 0 Å². The molecule has 1 amide bonds. The summed E-state index contributed by atoms with van der Waals surface area (Å²) in [5.41, 5.74) is 0.703. The van der Waals surface area contributed by atoms with Crippen LogP contribution >= 0.6 is 27.5 Å². The average Bonchev–Trinajstić information content (AvgIpc) is 3.01. The van der Waals surface area contributed by atoms with Crippen molar-refractivity contribution in [1.82, 2.24) is 9.80 Å². The summed E-state index contributed by atoms with van der Waals surface area (Å²) in [6.07, 6.45) is 5.39. The van der Waals surface area contributed by atoms with E-state index < -0.39 is 0 Å². The first-order chi connectivity index (χ1) is 10.1. The number of amides is 1. The van der Waals surface area contributed by atoms with Crippen molar-refractivity contribution in [3.05, 3.63) is 33.3 Å². The zero-order valence-corrected chi connectivity index (χ0v) is 14.4. The summed E-state index contributed by atoms with van der Waals surface area (Å²) in [6, 6.07) is 6.11. The first kappa shape index (κ1) is 15.3. The van der Waals surface area contributed by atoms with Crippen molar-refractivity contribution < 1.29 is 4.79 Å². The lowest BCUT2D eigenvalue weighted by atomic mass is 10.1. The molecule has 1 aromatic carbocycles. The molecule has 0 atom stereocenters. The molecule has 1 aliphatic carbocycles. The van der Waals surface area contributed by atoms with Gasteiger partial charge in [0.15, 0.2) is 0 Å². The van der Waals surface area contributed by atoms with Crippen LogP contribution in [-0.2, 0) is 0 Å². The fraction of sp³-hybridized carbons (Fsp3) is 0.562. The molecule has 0 radical (unpaired) electrons. The Balaban J connectivity index is 1.62. The summed E-state index contributed by atoms with van der Waals surface area (Å²) in [7, 11) is 0. The van der Waals surface area contributed by atoms with E-state index in [0.29, 0.717) is 10.6 Å². The third kappa shape index (κ3) is 3.43. The Morgan fingerprint density at radius 2 is 1.81 bits per heavy atom. The minimum atomic E-state index is 0.101. The van der Waals surface area contributed by atoms with E-state index in [9.17, 15) is 4.79 Å². The first-order valence-corrected chi connectivity index (χ1v) is 8.80. The van der Waals surface area contributed by atoms with Crippen molar-refractivity contribution in [2.45, 2.75) is 31.7 Å². The van der Waals surface area contributed by atoms with Crippen LogP contribution < -0.4 is 0 Å². The van der Waals surface area contributed by atoms with Gasteiger partial charge in [-0.3, -0.25) is 9.69 Å². The molecule has 114 valence electrons. The van der Waals surface area contributed by atoms with Gasteiger partial charge in [0.1, 0.15) is 0 Å². The molecule has 5 heteroatoms. The van der Waals surface area contributed by atoms with Gasteiger partial charge in [0.25, 0.3) is 5.91 Å². The van der Waals surface area contributed by atoms with Gasteiger partial charge in [-0.05, 0) is 47.0 Å². The second kappa shape index (κ2) is 6.67. The van der Waals surface area contributed by atoms with Gasteiger partial charge in [-0.15, -0.1) is 0 Å². The Morgan fingerprint density at radius 3 is 2.43 bits per heavy atom. The highest BCUT2D eigenvalue weighted by Gasteiger charge is 2.28. The summed E-state index contributed by atoms with van der Waals surface area (Å²) < 4.78 is 0.776. The highest BCUT2D eigenvalue weighted by atomic mass is 79.9. The molecule has 1 saturated heterocycles. The molecule has 2 aliphatic rings. The monoisotopic (exact) mass is 370 g/mol. The summed E-state index contributed by atoms with van der Waals surface area (Å²) in [4.78, 5) is 17.1. The van der Waals surface area contributed by atoms with E-state index in [1.165, 1.54) is 25.7 Å². The van der Waals surface area contributed by atoms with Crippen LogP contribution in [0.4, 0.5) is 0 Å². The third-order valence-corrected chi connectivity index (χ3v) is 5.50. The maximum Gasteiger partial charge on any atom is 0.255 e. The molecule has 0 aromatic heterocycles. The van der Waals surface area contributed by atoms with Crippen LogP contribution in [0.25, 0.3) is 0 Å². The minimum absolute atomic E-state index is 0.101. The maximum atomic E-state index is 12.6. The number of rotatable bonds is 2. The van der Waals surface area contributed by atoms with Crippen LogP contribution in [0.2, 0.25) is 5.02 Å². The zero-order valence-electron chi connectivity index (χ0n) is 12.0. The summed E-state index contributed by atoms with van der Waals surface area (Å²) in [5.74, 6) is 0.101. The first-order valence-electron chi connectivity index (χ1n) is 7.63. The Bertz CT molecular complexity index is 523. The van der Waals surface area contributed by atoms with E-state index in [1.54, 1.807) is 18.2 Å². The molecule has 0 spiro atoms. The molecule has 0 N–H and O–H groups in total. The van der Waals surface area contributed by atoms with Crippen molar-refractivity contribution in [2.24, 2.45) is 0 Å². The van der Waals surface area contributed by atoms with E-state index in [1.807, 2.05) is 4.90 Å². The molecular weight excluding hydrogens is 352 g/mol. The molecule has 0 bridgehead atoms. The van der Waals surface area contributed by atoms with Crippen LogP contribution in [0.5, 0.6) is 0 Å². The minimum Gasteiger partial charge on any atom is -0.336 e. The number of carbonyl (C=O) groups excluding carboxylic acids is 1. The van der Waals surface area contributed by atoms with Gasteiger partial charge in [0, 0.05) is 41.7 Å². The Labute approximate surface area is 139 Å². The molecule has 21 heavy (non-hydrogen) atoms. The van der Waals surface area contributed by atoms with Crippen LogP contribution in [0.1, 0.15) is 36.0 Å². The van der Waals surface area contributed by atoms with E-state index >= 15 is 0 Å². The van der Waals surface area contributed by atoms with E-state index in [4.69, 9.17) is 11.6 Å². The number of halogens is 2. The Morgan fingerprint density at radius 1 is 1.14 bits per heavy atom. The predicted octanol–water partition coefficient (Wildman–Crippen LogP) is 3.80. The van der Waals surface area contributed by atoms with Crippen molar-refractivity contribution >= 4 is 33.4 Å². The van der Waals surface area contributed by atoms with Crippen molar-refractivity contribution in [1.29, 1.82) is 0 Å². The normalized spacial score (nSPS) is 21.0. The van der Waals surface area contributed by atoms with Crippen LogP contribution in [-0.4, -0.2) is 47.9 Å². The molecule has 0 unspecified atom stereocenters. The predicted molar refractivity (Wildman–Crippen MR) is 88.9 cm³/mol. The number of hydrogen-bond acceptors (Lipinski definition) is 2. The second-order valence-corrected chi connectivity index (χ2v) is 7.18. The van der Waals surface area contributed by atoms with Crippen molar-refractivity contribution in [3.8, 4) is 0 Å². The summed E-state index contributed by atoms with van der Waals surface area (Å²) in [5, 5.41) is 0.643. The molecule has 1 heterocycles. The standard InChI is InChI=1S/C16H20BrClN2O/c17-15-11-12(18)5-6-14(15)16(21)20-9-7-19(8-10-20)13-3-1-2-4-13/h5-6,11,13H,1-4,7-10H2. The number of benzene rings is 1. The Hall–Kier alpha value is -0.580. The van der Waals surface area contributed by atoms with Crippen molar-refractivity contribution in [3.63, 3.8) is 0 Å². The summed E-state index contributed by atoms with van der Waals surface area (Å²) >= 11 is 9.38. The smallest absolute Gasteiger partial charge is 0.255 e. The van der Waals surface area contributed by atoms with Gasteiger partial charge in [0.2, 0.25) is 0 Å². The lowest BCUT2D eigenvalue weighted by Gasteiger charge is -2.38. The topological polar surface area (TPSA) is 23.6 Å². The molecule has 1 saturated carbocycles. The van der Waals surface area contributed by atoms with E-state index in [-0.39, 0.29) is 5.91 Å². The SMILES string of the molecule is O=C(c1ccc(Cl)cc1Br)N1CCN(C2CCCC2)CC1. The van der Waals surface area contributed by atoms with Crippen LogP contribution in [0.15, 0.2) is 22.7 Å². The highest BCUT2D eigenvalue weighted by Crippen LogP contribution is 2.26. The lowest BCUT2D eigenvalue weighted by Crippen LogP contribution is -2.51. The molecule has 2 fully saturated rings. The number of hydrogen-bond donors (Lipinski definition) is 0. The zero-order chi connectivity index (χ0) is 14.8.